The van der Waals surface area contributed by atoms with Crippen LogP contribution in [0.3, 0.4) is 0 Å². The summed E-state index contributed by atoms with van der Waals surface area (Å²) in [6, 6.07) is 8.77. The molecule has 0 bridgehead atoms. The Bertz CT molecular complexity index is 464. The van der Waals surface area contributed by atoms with E-state index in [1.807, 2.05) is 6.07 Å². The molecule has 76 valence electrons. The standard InChI is InChI=1S/C10H9N3O2/c11-6-10(9(13-14)5-15-10)7-2-1-3-8(12)4-7/h1-4,14H,5,12H2/b13-9+. The smallest absolute Gasteiger partial charge is 0.224 e. The van der Waals surface area contributed by atoms with Crippen molar-refractivity contribution in [3.05, 3.63) is 29.8 Å². The fourth-order valence-electron chi connectivity index (χ4n) is 1.55. The summed E-state index contributed by atoms with van der Waals surface area (Å²) in [5, 5.41) is 20.8. The zero-order valence-corrected chi connectivity index (χ0v) is 7.84. The molecule has 0 aromatic heterocycles. The molecular formula is C10H9N3O2. The molecule has 0 aliphatic carbocycles. The average molecular weight is 203 g/mol. The molecule has 1 aliphatic heterocycles. The number of hydrogen-bond donors (Lipinski definition) is 2. The molecule has 1 aromatic rings. The number of benzene rings is 1. The largest absolute Gasteiger partial charge is 0.411 e. The predicted molar refractivity (Wildman–Crippen MR) is 53.3 cm³/mol. The maximum absolute atomic E-state index is 9.07. The van der Waals surface area contributed by atoms with Gasteiger partial charge in [0.25, 0.3) is 0 Å². The van der Waals surface area contributed by atoms with Gasteiger partial charge in [-0.3, -0.25) is 0 Å². The fourth-order valence-corrected chi connectivity index (χ4v) is 1.55. The lowest BCUT2D eigenvalue weighted by molar-refractivity contribution is 0.00933. The molecule has 3 N–H and O–H groups in total. The molecule has 1 atom stereocenters. The van der Waals surface area contributed by atoms with Crippen LogP contribution in [0.5, 0.6) is 0 Å². The van der Waals surface area contributed by atoms with Crippen LogP contribution in [0.25, 0.3) is 0 Å². The highest BCUT2D eigenvalue weighted by Crippen LogP contribution is 2.35. The highest BCUT2D eigenvalue weighted by atomic mass is 16.5. The molecule has 5 heteroatoms. The Morgan fingerprint density at radius 1 is 1.60 bits per heavy atom. The first-order valence-electron chi connectivity index (χ1n) is 4.35. The molecule has 5 nitrogen and oxygen atoms in total. The molecule has 1 heterocycles. The van der Waals surface area contributed by atoms with Gasteiger partial charge in [0.1, 0.15) is 11.8 Å². The first-order valence-corrected chi connectivity index (χ1v) is 4.35. The number of nitrogens with zero attached hydrogens (tertiary/aromatic N) is 2. The topological polar surface area (TPSA) is 91.6 Å². The van der Waals surface area contributed by atoms with Crippen LogP contribution in [0.1, 0.15) is 5.56 Å². The highest BCUT2D eigenvalue weighted by Gasteiger charge is 2.48. The summed E-state index contributed by atoms with van der Waals surface area (Å²) < 4.78 is 5.20. The van der Waals surface area contributed by atoms with Crippen molar-refractivity contribution in [3.8, 4) is 6.07 Å². The number of nitriles is 1. The Balaban J connectivity index is 2.50. The van der Waals surface area contributed by atoms with Crippen molar-refractivity contribution in [1.82, 2.24) is 0 Å². The minimum absolute atomic E-state index is 0.166. The minimum atomic E-state index is -1.26. The van der Waals surface area contributed by atoms with Gasteiger partial charge in [0.05, 0.1) is 6.61 Å². The molecular weight excluding hydrogens is 194 g/mol. The van der Waals surface area contributed by atoms with Crippen LogP contribution in [-0.4, -0.2) is 17.5 Å². The van der Waals surface area contributed by atoms with Crippen LogP contribution in [0.4, 0.5) is 5.69 Å². The molecule has 0 amide bonds. The summed E-state index contributed by atoms with van der Waals surface area (Å²) in [6.07, 6.45) is 0. The van der Waals surface area contributed by atoms with Crippen LogP contribution in [0, 0.1) is 11.3 Å². The van der Waals surface area contributed by atoms with Crippen LogP contribution in [0.2, 0.25) is 0 Å². The molecule has 0 radical (unpaired) electrons. The molecule has 1 fully saturated rings. The van der Waals surface area contributed by atoms with Crippen LogP contribution < -0.4 is 5.73 Å². The second kappa shape index (κ2) is 3.26. The molecule has 0 saturated carbocycles. The maximum atomic E-state index is 9.07. The molecule has 1 saturated heterocycles. The van der Waals surface area contributed by atoms with Gasteiger partial charge in [-0.2, -0.15) is 5.26 Å². The fraction of sp³-hybridized carbons (Fsp3) is 0.200. The molecule has 1 unspecified atom stereocenters. The summed E-state index contributed by atoms with van der Waals surface area (Å²) >= 11 is 0. The van der Waals surface area contributed by atoms with Gasteiger partial charge in [0.15, 0.2) is 0 Å². The highest BCUT2D eigenvalue weighted by molar-refractivity contribution is 6.01. The third kappa shape index (κ3) is 1.23. The second-order valence-electron chi connectivity index (χ2n) is 3.25. The van der Waals surface area contributed by atoms with E-state index in [1.165, 1.54) is 0 Å². The minimum Gasteiger partial charge on any atom is -0.411 e. The van der Waals surface area contributed by atoms with Gasteiger partial charge in [0, 0.05) is 11.3 Å². The van der Waals surface area contributed by atoms with E-state index in [4.69, 9.17) is 20.9 Å². The van der Waals surface area contributed by atoms with Gasteiger partial charge in [0.2, 0.25) is 5.60 Å². The number of rotatable bonds is 1. The van der Waals surface area contributed by atoms with Crippen molar-refractivity contribution < 1.29 is 9.94 Å². The number of oxime groups is 1. The number of nitrogen functional groups attached to an aromatic ring is 1. The summed E-state index contributed by atoms with van der Waals surface area (Å²) in [4.78, 5) is 0. The first kappa shape index (κ1) is 9.49. The van der Waals surface area contributed by atoms with Gasteiger partial charge < -0.3 is 15.7 Å². The van der Waals surface area contributed by atoms with E-state index in [0.717, 1.165) is 0 Å². The van der Waals surface area contributed by atoms with Crippen LogP contribution in [-0.2, 0) is 10.3 Å². The van der Waals surface area contributed by atoms with E-state index in [2.05, 4.69) is 5.16 Å². The van der Waals surface area contributed by atoms with E-state index in [1.54, 1.807) is 24.3 Å². The molecule has 2 rings (SSSR count). The van der Waals surface area contributed by atoms with Crippen molar-refractivity contribution in [2.75, 3.05) is 12.3 Å². The monoisotopic (exact) mass is 203 g/mol. The predicted octanol–water partition coefficient (Wildman–Crippen LogP) is 0.848. The van der Waals surface area contributed by atoms with Crippen molar-refractivity contribution >= 4 is 11.4 Å². The number of ether oxygens (including phenoxy) is 1. The van der Waals surface area contributed by atoms with E-state index in [9.17, 15) is 0 Å². The second-order valence-corrected chi connectivity index (χ2v) is 3.25. The van der Waals surface area contributed by atoms with Gasteiger partial charge in [-0.1, -0.05) is 17.3 Å². The van der Waals surface area contributed by atoms with E-state index in [0.29, 0.717) is 17.0 Å². The third-order valence-electron chi connectivity index (χ3n) is 2.40. The van der Waals surface area contributed by atoms with E-state index in [-0.39, 0.29) is 6.61 Å². The van der Waals surface area contributed by atoms with Crippen molar-refractivity contribution in [2.45, 2.75) is 5.60 Å². The van der Waals surface area contributed by atoms with E-state index < -0.39 is 5.60 Å². The van der Waals surface area contributed by atoms with Crippen molar-refractivity contribution in [2.24, 2.45) is 5.16 Å². The van der Waals surface area contributed by atoms with Gasteiger partial charge in [-0.25, -0.2) is 0 Å². The van der Waals surface area contributed by atoms with Crippen molar-refractivity contribution in [3.63, 3.8) is 0 Å². The lowest BCUT2D eigenvalue weighted by Crippen LogP contribution is -2.50. The SMILES string of the molecule is N#CC1(c2cccc(N)c2)OC/C1=N\O. The Hall–Kier alpha value is -2.06. The molecule has 15 heavy (non-hydrogen) atoms. The first-order chi connectivity index (χ1) is 7.23. The molecule has 1 aromatic carbocycles. The number of anilines is 1. The Kier molecular flexibility index (Phi) is 2.06. The zero-order valence-electron chi connectivity index (χ0n) is 7.84. The summed E-state index contributed by atoms with van der Waals surface area (Å²) in [5.41, 5.74) is 5.77. The lowest BCUT2D eigenvalue weighted by Gasteiger charge is -2.36. The Morgan fingerprint density at radius 2 is 2.40 bits per heavy atom. The average Bonchev–Trinajstić information content (AvgIpc) is 2.18. The van der Waals surface area contributed by atoms with Gasteiger partial charge in [-0.15, -0.1) is 0 Å². The van der Waals surface area contributed by atoms with Gasteiger partial charge in [-0.05, 0) is 12.1 Å². The summed E-state index contributed by atoms with van der Waals surface area (Å²) in [7, 11) is 0. The number of nitrogens with two attached hydrogens (primary N) is 1. The normalized spacial score (nSPS) is 27.0. The Morgan fingerprint density at radius 3 is 2.87 bits per heavy atom. The molecule has 0 spiro atoms. The maximum Gasteiger partial charge on any atom is 0.224 e. The van der Waals surface area contributed by atoms with E-state index >= 15 is 0 Å². The quantitative estimate of drug-likeness (QED) is 0.402. The Labute approximate surface area is 86.4 Å². The third-order valence-corrected chi connectivity index (χ3v) is 2.40. The van der Waals surface area contributed by atoms with Crippen molar-refractivity contribution in [1.29, 1.82) is 5.26 Å². The summed E-state index contributed by atoms with van der Waals surface area (Å²) in [5.74, 6) is 0. The van der Waals surface area contributed by atoms with Crippen LogP contribution >= 0.6 is 0 Å². The lowest BCUT2D eigenvalue weighted by atomic mass is 9.86. The summed E-state index contributed by atoms with van der Waals surface area (Å²) in [6.45, 7) is 0.166. The van der Waals surface area contributed by atoms with Crippen LogP contribution in [0.15, 0.2) is 29.4 Å². The zero-order chi connectivity index (χ0) is 10.9. The number of hydrogen-bond acceptors (Lipinski definition) is 5. The molecule has 1 aliphatic rings. The van der Waals surface area contributed by atoms with Gasteiger partial charge >= 0.3 is 0 Å².